The molecular weight excluding hydrogens is 348 g/mol. The van der Waals surface area contributed by atoms with Crippen LogP contribution < -0.4 is 0 Å². The Balaban J connectivity index is 1.60. The maximum Gasteiger partial charge on any atom is 0.260 e. The van der Waals surface area contributed by atoms with Gasteiger partial charge in [0.25, 0.3) is 5.17 Å². The Hall–Kier alpha value is -1.73. The minimum atomic E-state index is -3.52. The van der Waals surface area contributed by atoms with Crippen molar-refractivity contribution in [3.8, 4) is 6.07 Å². The molecule has 2 fully saturated rings. The minimum absolute atomic E-state index is 0.226. The van der Waals surface area contributed by atoms with Gasteiger partial charge < -0.3 is 9.64 Å². The highest BCUT2D eigenvalue weighted by atomic mass is 32.2. The molecule has 0 unspecified atom stereocenters. The van der Waals surface area contributed by atoms with Crippen molar-refractivity contribution >= 4 is 27.4 Å². The van der Waals surface area contributed by atoms with Gasteiger partial charge in [-0.15, -0.1) is 0 Å². The van der Waals surface area contributed by atoms with Gasteiger partial charge in [-0.05, 0) is 36.5 Å². The molecule has 0 spiro atoms. The Morgan fingerprint density at radius 2 is 1.79 bits per heavy atom. The van der Waals surface area contributed by atoms with E-state index in [4.69, 9.17) is 22.2 Å². The van der Waals surface area contributed by atoms with Gasteiger partial charge in [-0.3, -0.25) is 4.90 Å². The van der Waals surface area contributed by atoms with Crippen LogP contribution in [0.3, 0.4) is 0 Å². The van der Waals surface area contributed by atoms with Crippen LogP contribution in [-0.4, -0.2) is 73.7 Å². The van der Waals surface area contributed by atoms with Gasteiger partial charge in [0.05, 0.1) is 29.7 Å². The molecule has 9 heteroatoms. The van der Waals surface area contributed by atoms with Crippen LogP contribution in [0, 0.1) is 11.3 Å². The van der Waals surface area contributed by atoms with E-state index in [0.717, 1.165) is 6.54 Å². The highest BCUT2D eigenvalue weighted by Crippen LogP contribution is 2.18. The van der Waals surface area contributed by atoms with Gasteiger partial charge >= 0.3 is 0 Å². The van der Waals surface area contributed by atoms with E-state index in [9.17, 15) is 8.42 Å². The van der Waals surface area contributed by atoms with Crippen molar-refractivity contribution < 1.29 is 13.2 Å². The van der Waals surface area contributed by atoms with Crippen LogP contribution in [0.15, 0.2) is 29.2 Å². The smallest absolute Gasteiger partial charge is 0.260 e. The first kappa shape index (κ1) is 17.1. The van der Waals surface area contributed by atoms with Gasteiger partial charge in [0.2, 0.25) is 10.0 Å². The molecule has 2 aliphatic rings. The number of thiocarbonyl (C=S) groups is 1. The molecule has 0 atom stereocenters. The van der Waals surface area contributed by atoms with Gasteiger partial charge in [-0.1, -0.05) is 0 Å². The molecular formula is C15H18N4O3S2. The zero-order valence-corrected chi connectivity index (χ0v) is 14.7. The summed E-state index contributed by atoms with van der Waals surface area (Å²) in [5.74, 6) is 0. The Kier molecular flexibility index (Phi) is 5.01. The van der Waals surface area contributed by atoms with Crippen LogP contribution in [-0.2, 0) is 14.8 Å². The maximum atomic E-state index is 12.7. The number of sulfonamides is 1. The molecule has 128 valence electrons. The quantitative estimate of drug-likeness (QED) is 0.716. The lowest BCUT2D eigenvalue weighted by Gasteiger charge is -2.35. The number of hydrogen-bond donors (Lipinski definition) is 0. The van der Waals surface area contributed by atoms with Crippen LogP contribution in [0.1, 0.15) is 5.56 Å². The van der Waals surface area contributed by atoms with Gasteiger partial charge in [-0.2, -0.15) is 9.57 Å². The zero-order chi connectivity index (χ0) is 17.2. The first-order valence-corrected chi connectivity index (χ1v) is 9.50. The molecule has 24 heavy (non-hydrogen) atoms. The summed E-state index contributed by atoms with van der Waals surface area (Å²) in [5.41, 5.74) is 0.447. The molecule has 2 heterocycles. The number of benzene rings is 1. The van der Waals surface area contributed by atoms with Crippen LogP contribution >= 0.6 is 12.2 Å². The van der Waals surface area contributed by atoms with Crippen molar-refractivity contribution in [3.63, 3.8) is 0 Å². The second-order valence-electron chi connectivity index (χ2n) is 5.68. The summed E-state index contributed by atoms with van der Waals surface area (Å²) in [6.07, 6.45) is 0. The molecule has 7 nitrogen and oxygen atoms in total. The van der Waals surface area contributed by atoms with Gasteiger partial charge in [0, 0.05) is 26.2 Å². The van der Waals surface area contributed by atoms with E-state index in [1.807, 2.05) is 11.0 Å². The predicted molar refractivity (Wildman–Crippen MR) is 91.6 cm³/mol. The fourth-order valence-electron chi connectivity index (χ4n) is 2.76. The Morgan fingerprint density at radius 1 is 1.12 bits per heavy atom. The van der Waals surface area contributed by atoms with Crippen LogP contribution in [0.5, 0.6) is 0 Å². The number of hydrogen-bond acceptors (Lipinski definition) is 6. The first-order chi connectivity index (χ1) is 11.5. The highest BCUT2D eigenvalue weighted by molar-refractivity contribution is 7.89. The first-order valence-electron chi connectivity index (χ1n) is 7.65. The summed E-state index contributed by atoms with van der Waals surface area (Å²) in [6.45, 7) is 4.23. The van der Waals surface area contributed by atoms with Crippen molar-refractivity contribution in [3.05, 3.63) is 29.8 Å². The number of rotatable bonds is 4. The maximum absolute atomic E-state index is 12.7. The fraction of sp³-hybridized carbons (Fsp3) is 0.467. The van der Waals surface area contributed by atoms with Crippen molar-refractivity contribution in [2.75, 3.05) is 46.0 Å². The summed E-state index contributed by atoms with van der Waals surface area (Å²) in [6, 6.07) is 8.01. The van der Waals surface area contributed by atoms with Crippen molar-refractivity contribution in [1.29, 1.82) is 5.26 Å². The normalized spacial score (nSPS) is 20.0. The molecule has 0 saturated carbocycles. The molecule has 2 aliphatic heterocycles. The van der Waals surface area contributed by atoms with E-state index < -0.39 is 10.0 Å². The third-order valence-electron chi connectivity index (χ3n) is 4.17. The molecule has 0 N–H and O–H groups in total. The fourth-order valence-corrected chi connectivity index (χ4v) is 4.41. The lowest BCUT2D eigenvalue weighted by Crippen LogP contribution is -2.51. The van der Waals surface area contributed by atoms with Crippen LogP contribution in [0.25, 0.3) is 0 Å². The lowest BCUT2D eigenvalue weighted by atomic mass is 10.2. The minimum Gasteiger partial charge on any atom is -0.469 e. The molecule has 0 bridgehead atoms. The van der Waals surface area contributed by atoms with Crippen molar-refractivity contribution in [2.45, 2.75) is 4.90 Å². The van der Waals surface area contributed by atoms with Crippen molar-refractivity contribution in [2.24, 2.45) is 0 Å². The molecule has 1 aromatic carbocycles. The van der Waals surface area contributed by atoms with E-state index >= 15 is 0 Å². The third kappa shape index (κ3) is 3.52. The molecule has 2 saturated heterocycles. The molecule has 3 rings (SSSR count). The topological polar surface area (TPSA) is 76.9 Å². The third-order valence-corrected chi connectivity index (χ3v) is 6.46. The average molecular weight is 366 g/mol. The monoisotopic (exact) mass is 366 g/mol. The van der Waals surface area contributed by atoms with E-state index in [2.05, 4.69) is 4.90 Å². The Labute approximate surface area is 147 Å². The van der Waals surface area contributed by atoms with Crippen LogP contribution in [0.4, 0.5) is 0 Å². The second kappa shape index (κ2) is 7.03. The number of nitrogens with zero attached hydrogens (tertiary/aromatic N) is 4. The summed E-state index contributed by atoms with van der Waals surface area (Å²) < 4.78 is 32.1. The molecule has 1 aromatic rings. The average Bonchev–Trinajstić information content (AvgIpc) is 3.00. The van der Waals surface area contributed by atoms with E-state index in [-0.39, 0.29) is 4.90 Å². The highest BCUT2D eigenvalue weighted by Gasteiger charge is 2.30. The number of piperazine rings is 1. The Morgan fingerprint density at radius 3 is 2.33 bits per heavy atom. The molecule has 0 radical (unpaired) electrons. The van der Waals surface area contributed by atoms with E-state index in [1.54, 1.807) is 0 Å². The van der Waals surface area contributed by atoms with Crippen LogP contribution in [0.2, 0.25) is 0 Å². The SMILES string of the molecule is N#Cc1ccc(S(=O)(=O)N2CCN(CN3CCOC3=S)CC2)cc1. The summed E-state index contributed by atoms with van der Waals surface area (Å²) in [7, 11) is -3.52. The van der Waals surface area contributed by atoms with Gasteiger partial charge in [0.15, 0.2) is 0 Å². The summed E-state index contributed by atoms with van der Waals surface area (Å²) in [4.78, 5) is 4.38. The molecule has 0 aliphatic carbocycles. The van der Waals surface area contributed by atoms with Gasteiger partial charge in [-0.25, -0.2) is 8.42 Å². The molecule has 0 amide bonds. The van der Waals surface area contributed by atoms with E-state index in [1.165, 1.54) is 28.6 Å². The zero-order valence-electron chi connectivity index (χ0n) is 13.1. The molecule has 0 aromatic heterocycles. The number of nitriles is 1. The lowest BCUT2D eigenvalue weighted by molar-refractivity contribution is 0.142. The van der Waals surface area contributed by atoms with Gasteiger partial charge in [0.1, 0.15) is 6.61 Å². The second-order valence-corrected chi connectivity index (χ2v) is 7.96. The Bertz CT molecular complexity index is 750. The summed E-state index contributed by atoms with van der Waals surface area (Å²) >= 11 is 5.12. The predicted octanol–water partition coefficient (Wildman–Crippen LogP) is 0.439. The number of ether oxygens (including phenoxy) is 1. The van der Waals surface area contributed by atoms with Crippen molar-refractivity contribution in [1.82, 2.24) is 14.1 Å². The summed E-state index contributed by atoms with van der Waals surface area (Å²) in [5, 5.41) is 9.32. The largest absolute Gasteiger partial charge is 0.469 e. The van der Waals surface area contributed by atoms with E-state index in [0.29, 0.717) is 50.2 Å². The standard InChI is InChI=1S/C15H18N4O3S2/c16-11-13-1-3-14(4-2-13)24(20,21)19-7-5-17(6-8-19)12-18-9-10-22-15(18)23/h1-4H,5-10,12H2.